The minimum absolute atomic E-state index is 0.179. The number of hydrogen-bond donors (Lipinski definition) is 0. The van der Waals surface area contributed by atoms with Crippen molar-refractivity contribution in [2.24, 2.45) is 4.99 Å². The van der Waals surface area contributed by atoms with Crippen LogP contribution in [0.2, 0.25) is 5.02 Å². The molecule has 1 heterocycles. The molecule has 186 valence electrons. The molecule has 0 aliphatic carbocycles. The van der Waals surface area contributed by atoms with Crippen molar-refractivity contribution in [3.63, 3.8) is 0 Å². The van der Waals surface area contributed by atoms with E-state index in [1.54, 1.807) is 30.0 Å². The number of esters is 1. The van der Waals surface area contributed by atoms with Gasteiger partial charge in [-0.1, -0.05) is 29.8 Å². The first kappa shape index (κ1) is 26.6. The molecule has 1 saturated heterocycles. The molecule has 1 aliphatic rings. The van der Waals surface area contributed by atoms with Gasteiger partial charge in [-0.25, -0.2) is 9.79 Å². The number of aliphatic imine (C=N–C) groups is 1. The molecule has 1 fully saturated rings. The third kappa shape index (κ3) is 7.24. The summed E-state index contributed by atoms with van der Waals surface area (Å²) in [5.74, 6) is -0.140. The fourth-order valence-electron chi connectivity index (χ4n) is 3.15. The number of ether oxygens (including phenoxy) is 4. The smallest absolute Gasteiger partial charge is 0.344 e. The molecule has 8 nitrogen and oxygen atoms in total. The average Bonchev–Trinajstić information content (AvgIpc) is 3.12. The number of nitrogens with zero attached hydrogens (tertiary/aromatic N) is 2. The molecular weight excluding hydrogens is 492 g/mol. The van der Waals surface area contributed by atoms with Gasteiger partial charge in [0, 0.05) is 6.61 Å². The molecule has 1 aliphatic heterocycles. The molecule has 2 aromatic carbocycles. The molecular formula is C25H27ClN2O6S. The average molecular weight is 519 g/mol. The van der Waals surface area contributed by atoms with Crippen LogP contribution in [0.4, 0.5) is 5.69 Å². The summed E-state index contributed by atoms with van der Waals surface area (Å²) < 4.78 is 21.2. The van der Waals surface area contributed by atoms with Gasteiger partial charge in [0.05, 0.1) is 42.5 Å². The summed E-state index contributed by atoms with van der Waals surface area (Å²) in [5, 5.41) is 0.807. The van der Waals surface area contributed by atoms with E-state index < -0.39 is 5.97 Å². The minimum Gasteiger partial charge on any atom is -0.493 e. The molecule has 0 N–H and O–H groups in total. The molecule has 2 aromatic rings. The third-order valence-electron chi connectivity index (χ3n) is 4.72. The van der Waals surface area contributed by atoms with Crippen LogP contribution in [-0.4, -0.2) is 62.0 Å². The van der Waals surface area contributed by atoms with E-state index in [1.165, 1.54) is 18.9 Å². The van der Waals surface area contributed by atoms with Crippen molar-refractivity contribution in [2.45, 2.75) is 13.8 Å². The summed E-state index contributed by atoms with van der Waals surface area (Å²) in [7, 11) is 1.47. The van der Waals surface area contributed by atoms with Gasteiger partial charge in [0.2, 0.25) is 0 Å². The maximum atomic E-state index is 13.2. The van der Waals surface area contributed by atoms with Crippen LogP contribution < -0.4 is 9.47 Å². The zero-order chi connectivity index (χ0) is 25.2. The van der Waals surface area contributed by atoms with E-state index in [2.05, 4.69) is 4.99 Å². The zero-order valence-corrected chi connectivity index (χ0v) is 21.4. The highest BCUT2D eigenvalue weighted by Crippen LogP contribution is 2.39. The standard InChI is InChI=1S/C25H27ClN2O6S/c1-4-32-12-11-28-24(30)21(35-25(28)27-18-9-7-6-8-10-18)15-17-13-19(26)23(20(14-17)31-3)34-16-22(29)33-5-2/h6-10,13-15H,4-5,11-12,16H2,1-3H3/b21-15-,27-25?. The first-order chi connectivity index (χ1) is 17.0. The number of hydrogen-bond acceptors (Lipinski definition) is 8. The number of carbonyl (C=O) groups excluding carboxylic acids is 2. The van der Waals surface area contributed by atoms with Crippen LogP contribution in [0.5, 0.6) is 11.5 Å². The normalized spacial score (nSPS) is 15.7. The van der Waals surface area contributed by atoms with E-state index in [-0.39, 0.29) is 29.9 Å². The van der Waals surface area contributed by atoms with E-state index in [1.807, 2.05) is 37.3 Å². The number of carbonyl (C=O) groups is 2. The van der Waals surface area contributed by atoms with Gasteiger partial charge in [0.15, 0.2) is 23.3 Å². The summed E-state index contributed by atoms with van der Waals surface area (Å²) in [4.78, 5) is 31.6. The number of para-hydroxylation sites is 1. The van der Waals surface area contributed by atoms with E-state index in [0.29, 0.717) is 41.1 Å². The van der Waals surface area contributed by atoms with Crippen molar-refractivity contribution in [3.8, 4) is 11.5 Å². The van der Waals surface area contributed by atoms with Crippen molar-refractivity contribution in [1.29, 1.82) is 0 Å². The van der Waals surface area contributed by atoms with Gasteiger partial charge in [0.1, 0.15) is 0 Å². The van der Waals surface area contributed by atoms with E-state index >= 15 is 0 Å². The predicted octanol–water partition coefficient (Wildman–Crippen LogP) is 4.93. The fourth-order valence-corrected chi connectivity index (χ4v) is 4.45. The van der Waals surface area contributed by atoms with E-state index in [0.717, 1.165) is 5.69 Å². The first-order valence-electron chi connectivity index (χ1n) is 11.1. The molecule has 0 atom stereocenters. The third-order valence-corrected chi connectivity index (χ3v) is 6.01. The van der Waals surface area contributed by atoms with Crippen LogP contribution in [0.25, 0.3) is 6.08 Å². The maximum absolute atomic E-state index is 13.2. The second kappa shape index (κ2) is 13.2. The second-order valence-electron chi connectivity index (χ2n) is 7.12. The Labute approximate surface area is 213 Å². The lowest BCUT2D eigenvalue weighted by Crippen LogP contribution is -2.32. The molecule has 3 rings (SSSR count). The number of thioether (sulfide) groups is 1. The highest BCUT2D eigenvalue weighted by molar-refractivity contribution is 8.18. The van der Waals surface area contributed by atoms with Gasteiger partial charge in [-0.2, -0.15) is 0 Å². The second-order valence-corrected chi connectivity index (χ2v) is 8.54. The van der Waals surface area contributed by atoms with Gasteiger partial charge in [-0.15, -0.1) is 0 Å². The Kier molecular flexibility index (Phi) is 10.0. The highest BCUT2D eigenvalue weighted by atomic mass is 35.5. The van der Waals surface area contributed by atoms with Gasteiger partial charge >= 0.3 is 5.97 Å². The van der Waals surface area contributed by atoms with Gasteiger partial charge in [0.25, 0.3) is 5.91 Å². The van der Waals surface area contributed by atoms with Crippen molar-refractivity contribution in [2.75, 3.05) is 40.1 Å². The van der Waals surface area contributed by atoms with Crippen molar-refractivity contribution in [3.05, 3.63) is 58.0 Å². The quantitative estimate of drug-likeness (QED) is 0.237. The van der Waals surface area contributed by atoms with Crippen LogP contribution in [0.3, 0.4) is 0 Å². The Morgan fingerprint density at radius 3 is 2.63 bits per heavy atom. The zero-order valence-electron chi connectivity index (χ0n) is 19.8. The van der Waals surface area contributed by atoms with Crippen LogP contribution in [0.1, 0.15) is 19.4 Å². The van der Waals surface area contributed by atoms with Gasteiger partial charge in [-0.05, 0) is 61.5 Å². The Balaban J connectivity index is 1.88. The monoisotopic (exact) mass is 518 g/mol. The molecule has 1 amide bonds. The van der Waals surface area contributed by atoms with Gasteiger partial charge in [-0.3, -0.25) is 9.69 Å². The van der Waals surface area contributed by atoms with Crippen LogP contribution in [0.15, 0.2) is 52.4 Å². The number of halogens is 1. The predicted molar refractivity (Wildman–Crippen MR) is 137 cm³/mol. The summed E-state index contributed by atoms with van der Waals surface area (Å²) in [6.45, 7) is 4.91. The Hall–Kier alpha value is -3.01. The number of amides is 1. The number of benzene rings is 2. The molecule has 0 spiro atoms. The molecule has 0 bridgehead atoms. The van der Waals surface area contributed by atoms with Crippen molar-refractivity contribution >= 4 is 52.2 Å². The number of methoxy groups -OCH3 is 1. The lowest BCUT2D eigenvalue weighted by atomic mass is 10.1. The summed E-state index contributed by atoms with van der Waals surface area (Å²) in [5.41, 5.74) is 1.38. The molecule has 10 heteroatoms. The number of amidine groups is 1. The molecule has 0 aromatic heterocycles. The van der Waals surface area contributed by atoms with E-state index in [9.17, 15) is 9.59 Å². The van der Waals surface area contributed by atoms with Crippen LogP contribution in [-0.2, 0) is 19.1 Å². The first-order valence-corrected chi connectivity index (χ1v) is 12.2. The maximum Gasteiger partial charge on any atom is 0.344 e. The van der Waals surface area contributed by atoms with Crippen molar-refractivity contribution in [1.82, 2.24) is 4.90 Å². The van der Waals surface area contributed by atoms with Gasteiger partial charge < -0.3 is 18.9 Å². The van der Waals surface area contributed by atoms with Crippen molar-refractivity contribution < 1.29 is 28.5 Å². The lowest BCUT2D eigenvalue weighted by Gasteiger charge is -2.15. The number of rotatable bonds is 11. The summed E-state index contributed by atoms with van der Waals surface area (Å²) in [6, 6.07) is 12.8. The SMILES string of the molecule is CCOCCN1C(=O)/C(=C/c2cc(Cl)c(OCC(=O)OCC)c(OC)c2)SC1=Nc1ccccc1. The van der Waals surface area contributed by atoms with Crippen LogP contribution >= 0.6 is 23.4 Å². The Morgan fingerprint density at radius 2 is 1.94 bits per heavy atom. The van der Waals surface area contributed by atoms with Crippen LogP contribution in [0, 0.1) is 0 Å². The summed E-state index contributed by atoms with van der Waals surface area (Å²) >= 11 is 7.69. The molecule has 35 heavy (non-hydrogen) atoms. The largest absolute Gasteiger partial charge is 0.493 e. The lowest BCUT2D eigenvalue weighted by molar-refractivity contribution is -0.145. The minimum atomic E-state index is -0.512. The Morgan fingerprint density at radius 1 is 1.17 bits per heavy atom. The molecule has 0 unspecified atom stereocenters. The molecule has 0 radical (unpaired) electrons. The highest BCUT2D eigenvalue weighted by Gasteiger charge is 2.33. The topological polar surface area (TPSA) is 86.7 Å². The fraction of sp³-hybridized carbons (Fsp3) is 0.320. The van der Waals surface area contributed by atoms with E-state index in [4.69, 9.17) is 30.5 Å². The summed E-state index contributed by atoms with van der Waals surface area (Å²) in [6.07, 6.45) is 1.72. The Bertz CT molecular complexity index is 1110. The molecule has 0 saturated carbocycles.